The molecule has 0 radical (unpaired) electrons. The maximum atomic E-state index is 13.4. The van der Waals surface area contributed by atoms with Crippen LogP contribution in [0.1, 0.15) is 24.2 Å². The molecule has 31 heavy (non-hydrogen) atoms. The third kappa shape index (κ3) is 3.04. The number of anilines is 2. The number of hydrogen-bond acceptors (Lipinski definition) is 5. The molecule has 3 aromatic rings. The monoisotopic (exact) mass is 450 g/mol. The van der Waals surface area contributed by atoms with E-state index in [1.807, 2.05) is 35.7 Å². The van der Waals surface area contributed by atoms with Crippen molar-refractivity contribution in [1.29, 1.82) is 0 Å². The third-order valence-corrected chi connectivity index (χ3v) is 8.15. The summed E-state index contributed by atoms with van der Waals surface area (Å²) < 4.78 is 2.19. The number of fused-ring (bicyclic) bond motifs is 3. The van der Waals surface area contributed by atoms with Gasteiger partial charge in [-0.3, -0.25) is 19.8 Å². The molecule has 1 N–H and O–H groups in total. The smallest absolute Gasteiger partial charge is 0.263 e. The number of rotatable bonds is 5. The van der Waals surface area contributed by atoms with Crippen molar-refractivity contribution in [2.45, 2.75) is 43.0 Å². The van der Waals surface area contributed by atoms with Gasteiger partial charge in [-0.1, -0.05) is 30.0 Å². The summed E-state index contributed by atoms with van der Waals surface area (Å²) in [5.41, 5.74) is 4.97. The minimum Gasteiger partial charge on any atom is -0.345 e. The Morgan fingerprint density at radius 2 is 2.16 bits per heavy atom. The fourth-order valence-corrected chi connectivity index (χ4v) is 6.54. The lowest BCUT2D eigenvalue weighted by atomic mass is 10.2. The summed E-state index contributed by atoms with van der Waals surface area (Å²) in [5.74, 6) is -0.209. The second-order valence-corrected chi connectivity index (χ2v) is 9.94. The van der Waals surface area contributed by atoms with Gasteiger partial charge < -0.3 is 4.57 Å². The minimum absolute atomic E-state index is 0.0120. The molecule has 1 aromatic carbocycles. The lowest BCUT2D eigenvalue weighted by molar-refractivity contribution is -0.121. The molecular weight excluding hydrogens is 428 g/mol. The van der Waals surface area contributed by atoms with Crippen LogP contribution in [0.2, 0.25) is 0 Å². The van der Waals surface area contributed by atoms with Crippen molar-refractivity contribution in [1.82, 2.24) is 9.55 Å². The van der Waals surface area contributed by atoms with Crippen LogP contribution in [0.15, 0.2) is 53.3 Å². The fourth-order valence-electron chi connectivity index (χ4n) is 4.42. The number of nitrogens with one attached hydrogen (secondary N) is 1. The summed E-state index contributed by atoms with van der Waals surface area (Å²) >= 11 is 2.86. The second-order valence-electron chi connectivity index (χ2n) is 7.76. The van der Waals surface area contributed by atoms with Gasteiger partial charge in [0, 0.05) is 40.2 Å². The number of para-hydroxylation sites is 1. The average molecular weight is 451 g/mol. The molecule has 158 valence electrons. The highest BCUT2D eigenvalue weighted by molar-refractivity contribution is 8.02. The van der Waals surface area contributed by atoms with Gasteiger partial charge >= 0.3 is 0 Å². The topological polar surface area (TPSA) is 67.2 Å². The van der Waals surface area contributed by atoms with Gasteiger partial charge in [-0.15, -0.1) is 17.9 Å². The highest BCUT2D eigenvalue weighted by atomic mass is 32.2. The van der Waals surface area contributed by atoms with E-state index >= 15 is 0 Å². The number of nitrogens with zero attached hydrogens (tertiary/aromatic N) is 3. The van der Waals surface area contributed by atoms with Crippen LogP contribution in [0.5, 0.6) is 0 Å². The van der Waals surface area contributed by atoms with Gasteiger partial charge in [-0.25, -0.2) is 4.98 Å². The minimum atomic E-state index is -0.938. The number of thiazole rings is 1. The Morgan fingerprint density at radius 3 is 2.97 bits per heavy atom. The first-order valence-electron chi connectivity index (χ1n) is 10.1. The molecule has 4 heterocycles. The number of thioether (sulfide) groups is 1. The maximum absolute atomic E-state index is 13.4. The third-order valence-electron chi connectivity index (χ3n) is 5.91. The molecule has 6 nitrogen and oxygen atoms in total. The van der Waals surface area contributed by atoms with Gasteiger partial charge in [-0.2, -0.15) is 0 Å². The van der Waals surface area contributed by atoms with Gasteiger partial charge in [0.2, 0.25) is 5.91 Å². The molecular formula is C23H22N4O2S2. The quantitative estimate of drug-likeness (QED) is 0.557. The largest absolute Gasteiger partial charge is 0.345 e. The number of aryl methyl sites for hydroxylation is 1. The van der Waals surface area contributed by atoms with E-state index < -0.39 is 4.87 Å². The summed E-state index contributed by atoms with van der Waals surface area (Å²) in [4.78, 5) is 32.4. The van der Waals surface area contributed by atoms with Crippen LogP contribution in [0.4, 0.5) is 10.8 Å². The number of amides is 2. The van der Waals surface area contributed by atoms with Crippen molar-refractivity contribution in [3.63, 3.8) is 0 Å². The molecule has 2 amide bonds. The predicted octanol–water partition coefficient (Wildman–Crippen LogP) is 4.98. The van der Waals surface area contributed by atoms with Crippen LogP contribution in [-0.2, 0) is 16.1 Å². The molecule has 1 saturated heterocycles. The summed E-state index contributed by atoms with van der Waals surface area (Å²) in [6, 6.07) is 9.80. The Bertz CT molecular complexity index is 1230. The van der Waals surface area contributed by atoms with Crippen LogP contribution in [0, 0.1) is 13.8 Å². The van der Waals surface area contributed by atoms with Crippen LogP contribution in [0.25, 0.3) is 11.3 Å². The van der Waals surface area contributed by atoms with Crippen molar-refractivity contribution in [3.05, 3.63) is 59.8 Å². The zero-order valence-corrected chi connectivity index (χ0v) is 19.0. The molecule has 0 saturated carbocycles. The van der Waals surface area contributed by atoms with E-state index in [1.54, 1.807) is 4.90 Å². The summed E-state index contributed by atoms with van der Waals surface area (Å²) in [6.45, 7) is 8.71. The first kappa shape index (κ1) is 20.1. The fraction of sp³-hybridized carbons (Fsp3) is 0.261. The zero-order chi connectivity index (χ0) is 21.8. The molecule has 2 aliphatic rings. The molecule has 1 unspecified atom stereocenters. The van der Waals surface area contributed by atoms with E-state index in [1.165, 1.54) is 23.1 Å². The lowest BCUT2D eigenvalue weighted by Crippen LogP contribution is -2.49. The highest BCUT2D eigenvalue weighted by Gasteiger charge is 2.57. The van der Waals surface area contributed by atoms with Gasteiger partial charge in [0.15, 0.2) is 10.0 Å². The van der Waals surface area contributed by atoms with E-state index in [9.17, 15) is 9.59 Å². The molecule has 0 aliphatic carbocycles. The number of benzene rings is 1. The van der Waals surface area contributed by atoms with Gasteiger partial charge in [-0.05, 0) is 38.5 Å². The SMILES string of the molecule is C=CCn1c(C)cc(-c2csc(NC(=O)C34CCC(=O)N3c3ccccc3S4)n2)c1C. The van der Waals surface area contributed by atoms with Crippen molar-refractivity contribution < 1.29 is 9.59 Å². The van der Waals surface area contributed by atoms with Crippen LogP contribution < -0.4 is 10.2 Å². The number of carbonyl (C=O) groups excluding carboxylic acids is 2. The molecule has 8 heteroatoms. The number of allylic oxidation sites excluding steroid dienone is 1. The lowest BCUT2D eigenvalue weighted by Gasteiger charge is -2.29. The van der Waals surface area contributed by atoms with Crippen molar-refractivity contribution >= 4 is 45.7 Å². The number of aromatic nitrogens is 2. The molecule has 2 aromatic heterocycles. The van der Waals surface area contributed by atoms with Crippen LogP contribution >= 0.6 is 23.1 Å². The van der Waals surface area contributed by atoms with Crippen molar-refractivity contribution in [2.75, 3.05) is 10.2 Å². The van der Waals surface area contributed by atoms with E-state index in [0.29, 0.717) is 18.0 Å². The first-order chi connectivity index (χ1) is 14.9. The Balaban J connectivity index is 1.42. The Labute approximate surface area is 189 Å². The zero-order valence-electron chi connectivity index (χ0n) is 17.3. The normalized spacial score (nSPS) is 19.4. The predicted molar refractivity (Wildman–Crippen MR) is 126 cm³/mol. The standard InChI is InChI=1S/C23H22N4O2S2/c1-4-11-26-14(2)12-16(15(26)3)17-13-30-22(24-17)25-21(29)23-10-9-20(28)27(23)18-7-5-6-8-19(18)31-23/h4-8,12-13H,1,9-11H2,2-3H3,(H,24,25,29). The Kier molecular flexibility index (Phi) is 4.79. The van der Waals surface area contributed by atoms with Crippen LogP contribution in [0.3, 0.4) is 0 Å². The number of carbonyl (C=O) groups is 2. The summed E-state index contributed by atoms with van der Waals surface area (Å²) in [6.07, 6.45) is 2.73. The molecule has 2 aliphatic heterocycles. The summed E-state index contributed by atoms with van der Waals surface area (Å²) in [5, 5.41) is 5.49. The summed E-state index contributed by atoms with van der Waals surface area (Å²) in [7, 11) is 0. The van der Waals surface area contributed by atoms with E-state index in [-0.39, 0.29) is 11.8 Å². The van der Waals surface area contributed by atoms with E-state index in [2.05, 4.69) is 41.4 Å². The maximum Gasteiger partial charge on any atom is 0.263 e. The molecule has 1 atom stereocenters. The molecule has 0 spiro atoms. The van der Waals surface area contributed by atoms with E-state index in [4.69, 9.17) is 0 Å². The number of hydrogen-bond donors (Lipinski definition) is 1. The second kappa shape index (κ2) is 7.39. The van der Waals surface area contributed by atoms with E-state index in [0.717, 1.165) is 39.8 Å². The first-order valence-corrected chi connectivity index (χ1v) is 11.8. The Morgan fingerprint density at radius 1 is 1.35 bits per heavy atom. The van der Waals surface area contributed by atoms with Gasteiger partial charge in [0.1, 0.15) is 0 Å². The van der Waals surface area contributed by atoms with Crippen LogP contribution in [-0.4, -0.2) is 26.2 Å². The highest BCUT2D eigenvalue weighted by Crippen LogP contribution is 2.56. The van der Waals surface area contributed by atoms with Gasteiger partial charge in [0.25, 0.3) is 5.91 Å². The Hall–Kier alpha value is -2.84. The molecule has 5 rings (SSSR count). The molecule has 0 bridgehead atoms. The molecule has 1 fully saturated rings. The van der Waals surface area contributed by atoms with Crippen molar-refractivity contribution in [3.8, 4) is 11.3 Å². The van der Waals surface area contributed by atoms with Gasteiger partial charge in [0.05, 0.1) is 11.4 Å². The average Bonchev–Trinajstić information content (AvgIpc) is 3.48. The van der Waals surface area contributed by atoms with Crippen molar-refractivity contribution in [2.24, 2.45) is 0 Å².